The van der Waals surface area contributed by atoms with Crippen molar-refractivity contribution in [3.63, 3.8) is 0 Å². The molecule has 1 N–H and O–H groups in total. The van der Waals surface area contributed by atoms with Crippen molar-refractivity contribution in [3.8, 4) is 0 Å². The summed E-state index contributed by atoms with van der Waals surface area (Å²) >= 11 is 3.36. The summed E-state index contributed by atoms with van der Waals surface area (Å²) in [4.78, 5) is 34.0. The Balaban J connectivity index is 1.95. The van der Waals surface area contributed by atoms with Gasteiger partial charge in [0.2, 0.25) is 0 Å². The molecule has 0 unspecified atom stereocenters. The molecule has 0 saturated heterocycles. The molecule has 0 heterocycles. The molecule has 0 amide bonds. The monoisotopic (exact) mass is 396 g/mol. The Morgan fingerprint density at radius 3 is 2.33 bits per heavy atom. The fraction of sp³-hybridized carbons (Fsp3) is 0.353. The highest BCUT2D eigenvalue weighted by Crippen LogP contribution is 2.45. The maximum absolute atomic E-state index is 12.1. The van der Waals surface area contributed by atoms with Crippen molar-refractivity contribution in [2.24, 2.45) is 0 Å². The maximum Gasteiger partial charge on any atom is 0.341 e. The molecule has 1 aromatic rings. The highest BCUT2D eigenvalue weighted by molar-refractivity contribution is 9.10. The van der Waals surface area contributed by atoms with E-state index in [4.69, 9.17) is 9.84 Å². The molecule has 0 bridgehead atoms. The number of carbonyl (C=O) groups excluding carboxylic acids is 2. The second-order valence-electron chi connectivity index (χ2n) is 5.58. The van der Waals surface area contributed by atoms with E-state index < -0.39 is 30.1 Å². The summed E-state index contributed by atoms with van der Waals surface area (Å²) in [5, 5.41) is 8.46. The Morgan fingerprint density at radius 2 is 1.83 bits per heavy atom. The number of halogens is 1. The molecule has 1 saturated carbocycles. The molecule has 0 aromatic heterocycles. The van der Waals surface area contributed by atoms with E-state index in [2.05, 4.69) is 27.2 Å². The van der Waals surface area contributed by atoms with Crippen LogP contribution in [0.4, 0.5) is 0 Å². The first-order chi connectivity index (χ1) is 11.3. The standard InChI is InChI=1S/C17H17BrO6/c1-11(16(22)23-10-14(19)20)9-15(21)24-17(7-2-8-17)12-3-5-13(18)6-4-12/h3-6H,1-2,7-10H2,(H,19,20). The third-order valence-electron chi connectivity index (χ3n) is 3.81. The van der Waals surface area contributed by atoms with E-state index in [1.165, 1.54) is 0 Å². The van der Waals surface area contributed by atoms with Gasteiger partial charge in [-0.15, -0.1) is 0 Å². The molecule has 6 nitrogen and oxygen atoms in total. The van der Waals surface area contributed by atoms with Crippen LogP contribution >= 0.6 is 15.9 Å². The van der Waals surface area contributed by atoms with Crippen molar-refractivity contribution in [2.45, 2.75) is 31.3 Å². The predicted octanol–water partition coefficient (Wildman–Crippen LogP) is 2.95. The van der Waals surface area contributed by atoms with Gasteiger partial charge in [0.15, 0.2) is 6.61 Å². The number of benzene rings is 1. The van der Waals surface area contributed by atoms with E-state index in [1.54, 1.807) is 0 Å². The van der Waals surface area contributed by atoms with Crippen LogP contribution in [0.1, 0.15) is 31.2 Å². The lowest BCUT2D eigenvalue weighted by Crippen LogP contribution is -2.39. The summed E-state index contributed by atoms with van der Waals surface area (Å²) in [6.07, 6.45) is 2.05. The first kappa shape index (κ1) is 18.2. The van der Waals surface area contributed by atoms with Crippen molar-refractivity contribution in [2.75, 3.05) is 6.61 Å². The average Bonchev–Trinajstić information content (AvgIpc) is 2.49. The van der Waals surface area contributed by atoms with Crippen molar-refractivity contribution >= 4 is 33.8 Å². The quantitative estimate of drug-likeness (QED) is 0.562. The third kappa shape index (κ3) is 4.44. The molecule has 2 rings (SSSR count). The highest BCUT2D eigenvalue weighted by atomic mass is 79.9. The van der Waals surface area contributed by atoms with Crippen LogP contribution < -0.4 is 0 Å². The molecule has 128 valence electrons. The average molecular weight is 397 g/mol. The fourth-order valence-electron chi connectivity index (χ4n) is 2.43. The van der Waals surface area contributed by atoms with Gasteiger partial charge < -0.3 is 14.6 Å². The van der Waals surface area contributed by atoms with E-state index in [0.717, 1.165) is 29.3 Å². The van der Waals surface area contributed by atoms with Crippen molar-refractivity contribution in [1.29, 1.82) is 0 Å². The fourth-order valence-corrected chi connectivity index (χ4v) is 2.70. The number of aliphatic carboxylic acids is 1. The second kappa shape index (κ2) is 7.61. The van der Waals surface area contributed by atoms with Gasteiger partial charge in [0.1, 0.15) is 5.60 Å². The van der Waals surface area contributed by atoms with E-state index in [9.17, 15) is 14.4 Å². The number of carboxylic acid groups (broad SMARTS) is 1. The lowest BCUT2D eigenvalue weighted by molar-refractivity contribution is -0.171. The van der Waals surface area contributed by atoms with Crippen LogP contribution in [0.5, 0.6) is 0 Å². The van der Waals surface area contributed by atoms with Crippen LogP contribution in [0.2, 0.25) is 0 Å². The maximum atomic E-state index is 12.1. The van der Waals surface area contributed by atoms with Crippen LogP contribution in [-0.2, 0) is 29.5 Å². The van der Waals surface area contributed by atoms with Gasteiger partial charge in [0.25, 0.3) is 0 Å². The molecule has 0 spiro atoms. The molecule has 24 heavy (non-hydrogen) atoms. The molecule has 1 aliphatic carbocycles. The Labute approximate surface area is 147 Å². The summed E-state index contributed by atoms with van der Waals surface area (Å²) in [5.74, 6) is -2.78. The van der Waals surface area contributed by atoms with Gasteiger partial charge in [-0.1, -0.05) is 34.6 Å². The summed E-state index contributed by atoms with van der Waals surface area (Å²) < 4.78 is 11.0. The summed E-state index contributed by atoms with van der Waals surface area (Å²) in [6, 6.07) is 7.55. The van der Waals surface area contributed by atoms with Gasteiger partial charge in [-0.05, 0) is 37.0 Å². The van der Waals surface area contributed by atoms with Crippen LogP contribution in [0, 0.1) is 0 Å². The summed E-state index contributed by atoms with van der Waals surface area (Å²) in [6.45, 7) is 2.69. The second-order valence-corrected chi connectivity index (χ2v) is 6.49. The van der Waals surface area contributed by atoms with E-state index in [1.807, 2.05) is 24.3 Å². The van der Waals surface area contributed by atoms with Gasteiger partial charge in [-0.3, -0.25) is 4.79 Å². The molecule has 7 heteroatoms. The Hall–Kier alpha value is -2.15. The molecule has 1 aliphatic rings. The minimum absolute atomic E-state index is 0.133. The molecular weight excluding hydrogens is 380 g/mol. The summed E-state index contributed by atoms with van der Waals surface area (Å²) in [7, 11) is 0. The highest BCUT2D eigenvalue weighted by Gasteiger charge is 2.42. The van der Waals surface area contributed by atoms with Gasteiger partial charge in [-0.2, -0.15) is 0 Å². The zero-order chi connectivity index (χ0) is 17.7. The minimum atomic E-state index is -1.28. The van der Waals surface area contributed by atoms with Gasteiger partial charge in [0.05, 0.1) is 6.42 Å². The van der Waals surface area contributed by atoms with Crippen LogP contribution in [0.15, 0.2) is 40.9 Å². The molecule has 1 fully saturated rings. The third-order valence-corrected chi connectivity index (χ3v) is 4.34. The SMILES string of the molecule is C=C(CC(=O)OC1(c2ccc(Br)cc2)CCC1)C(=O)OCC(=O)O. The predicted molar refractivity (Wildman–Crippen MR) is 88.1 cm³/mol. The van der Waals surface area contributed by atoms with Crippen molar-refractivity contribution < 1.29 is 29.0 Å². The van der Waals surface area contributed by atoms with E-state index in [0.29, 0.717) is 0 Å². The van der Waals surface area contributed by atoms with Gasteiger partial charge >= 0.3 is 17.9 Å². The van der Waals surface area contributed by atoms with E-state index in [-0.39, 0.29) is 12.0 Å². The van der Waals surface area contributed by atoms with Crippen molar-refractivity contribution in [3.05, 3.63) is 46.5 Å². The lowest BCUT2D eigenvalue weighted by Gasteiger charge is -2.41. The van der Waals surface area contributed by atoms with Gasteiger partial charge in [-0.25, -0.2) is 9.59 Å². The van der Waals surface area contributed by atoms with Crippen LogP contribution in [0.3, 0.4) is 0 Å². The molecule has 1 aromatic carbocycles. The number of esters is 2. The largest absolute Gasteiger partial charge is 0.479 e. The number of hydrogen-bond acceptors (Lipinski definition) is 5. The number of hydrogen-bond donors (Lipinski definition) is 1. The zero-order valence-corrected chi connectivity index (χ0v) is 14.5. The molecule has 0 aliphatic heterocycles. The van der Waals surface area contributed by atoms with Crippen molar-refractivity contribution in [1.82, 2.24) is 0 Å². The lowest BCUT2D eigenvalue weighted by atomic mass is 9.75. The number of ether oxygens (including phenoxy) is 2. The normalized spacial score (nSPS) is 15.0. The van der Waals surface area contributed by atoms with Gasteiger partial charge in [0, 0.05) is 10.0 Å². The van der Waals surface area contributed by atoms with E-state index >= 15 is 0 Å². The summed E-state index contributed by atoms with van der Waals surface area (Å²) in [5.41, 5.74) is 0.110. The van der Waals surface area contributed by atoms with Crippen LogP contribution in [-0.4, -0.2) is 29.6 Å². The molecule has 0 atom stereocenters. The van der Waals surface area contributed by atoms with Crippen LogP contribution in [0.25, 0.3) is 0 Å². The Morgan fingerprint density at radius 1 is 1.21 bits per heavy atom. The molecular formula is C17H17BrO6. The minimum Gasteiger partial charge on any atom is -0.479 e. The topological polar surface area (TPSA) is 89.9 Å². The zero-order valence-electron chi connectivity index (χ0n) is 12.9. The first-order valence-corrected chi connectivity index (χ1v) is 8.16. The Kier molecular flexibility index (Phi) is 5.77. The number of carboxylic acids is 1. The molecule has 0 radical (unpaired) electrons. The Bertz CT molecular complexity index is 660. The smallest absolute Gasteiger partial charge is 0.341 e. The number of carbonyl (C=O) groups is 3. The number of rotatable bonds is 7. The first-order valence-electron chi connectivity index (χ1n) is 7.37.